The first kappa shape index (κ1) is 17.6. The summed E-state index contributed by atoms with van der Waals surface area (Å²) in [5.41, 5.74) is 2.33. The van der Waals surface area contributed by atoms with Crippen LogP contribution in [-0.4, -0.2) is 36.8 Å². The zero-order valence-electron chi connectivity index (χ0n) is 15.2. The van der Waals surface area contributed by atoms with Crippen LogP contribution in [0.4, 0.5) is 0 Å². The maximum Gasteiger partial charge on any atom is 0.251 e. The fraction of sp³-hybridized carbons (Fsp3) is 0.263. The van der Waals surface area contributed by atoms with Crippen molar-refractivity contribution >= 4 is 16.9 Å². The summed E-state index contributed by atoms with van der Waals surface area (Å²) in [6.07, 6.45) is 0. The van der Waals surface area contributed by atoms with Gasteiger partial charge in [-0.3, -0.25) is 4.79 Å². The number of carbonyl (C=O) groups is 1. The molecule has 3 rings (SSSR count). The molecular formula is C19H21N3O4. The highest BCUT2D eigenvalue weighted by Crippen LogP contribution is 2.38. The van der Waals surface area contributed by atoms with Gasteiger partial charge in [0.15, 0.2) is 11.5 Å². The summed E-state index contributed by atoms with van der Waals surface area (Å²) in [4.78, 5) is 17.1. The Kier molecular flexibility index (Phi) is 4.97. The van der Waals surface area contributed by atoms with E-state index in [0.29, 0.717) is 29.4 Å². The normalized spacial score (nSPS) is 10.6. The van der Waals surface area contributed by atoms with Crippen molar-refractivity contribution in [3.8, 4) is 17.2 Å². The first-order chi connectivity index (χ1) is 12.6. The molecule has 0 unspecified atom stereocenters. The first-order valence-corrected chi connectivity index (χ1v) is 8.07. The van der Waals surface area contributed by atoms with Crippen LogP contribution in [0.1, 0.15) is 16.2 Å². The number of para-hydroxylation sites is 2. The Morgan fingerprint density at radius 2 is 1.73 bits per heavy atom. The van der Waals surface area contributed by atoms with Crippen molar-refractivity contribution < 1.29 is 19.0 Å². The molecule has 1 N–H and O–H groups in total. The van der Waals surface area contributed by atoms with E-state index < -0.39 is 0 Å². The van der Waals surface area contributed by atoms with Crippen LogP contribution in [0.15, 0.2) is 36.4 Å². The van der Waals surface area contributed by atoms with Gasteiger partial charge >= 0.3 is 0 Å². The smallest absolute Gasteiger partial charge is 0.251 e. The van der Waals surface area contributed by atoms with E-state index in [1.165, 1.54) is 21.3 Å². The fourth-order valence-corrected chi connectivity index (χ4v) is 2.83. The molecule has 0 aliphatic rings. The van der Waals surface area contributed by atoms with E-state index in [2.05, 4.69) is 10.3 Å². The van der Waals surface area contributed by atoms with E-state index >= 15 is 0 Å². The number of fused-ring (bicyclic) bond motifs is 1. The van der Waals surface area contributed by atoms with E-state index in [0.717, 1.165) is 16.9 Å². The van der Waals surface area contributed by atoms with Crippen molar-refractivity contribution in [1.29, 1.82) is 0 Å². The highest BCUT2D eigenvalue weighted by atomic mass is 16.5. The lowest BCUT2D eigenvalue weighted by molar-refractivity contribution is 0.0949. The van der Waals surface area contributed by atoms with E-state index in [9.17, 15) is 4.79 Å². The summed E-state index contributed by atoms with van der Waals surface area (Å²) in [6, 6.07) is 11.1. The van der Waals surface area contributed by atoms with Gasteiger partial charge in [0.25, 0.3) is 5.91 Å². The number of hydrogen-bond acceptors (Lipinski definition) is 5. The minimum atomic E-state index is -0.253. The summed E-state index contributed by atoms with van der Waals surface area (Å²) in [5, 5.41) is 2.88. The highest BCUT2D eigenvalue weighted by molar-refractivity contribution is 5.95. The molecule has 0 radical (unpaired) electrons. The molecule has 136 valence electrons. The van der Waals surface area contributed by atoms with Crippen LogP contribution in [-0.2, 0) is 13.6 Å². The molecule has 7 nitrogen and oxygen atoms in total. The second-order valence-corrected chi connectivity index (χ2v) is 5.67. The first-order valence-electron chi connectivity index (χ1n) is 8.07. The molecule has 7 heteroatoms. The van der Waals surface area contributed by atoms with Gasteiger partial charge in [-0.1, -0.05) is 12.1 Å². The minimum absolute atomic E-state index is 0.253. The number of aryl methyl sites for hydroxylation is 1. The molecule has 0 saturated heterocycles. The second-order valence-electron chi connectivity index (χ2n) is 5.67. The van der Waals surface area contributed by atoms with E-state index in [1.54, 1.807) is 12.1 Å². The van der Waals surface area contributed by atoms with Gasteiger partial charge < -0.3 is 24.1 Å². The predicted octanol–water partition coefficient (Wildman–Crippen LogP) is 2.53. The molecule has 0 spiro atoms. The molecule has 0 atom stereocenters. The zero-order chi connectivity index (χ0) is 18.7. The number of aromatic nitrogens is 2. The molecule has 0 bridgehead atoms. The van der Waals surface area contributed by atoms with Gasteiger partial charge in [-0.05, 0) is 24.3 Å². The maximum absolute atomic E-state index is 12.6. The van der Waals surface area contributed by atoms with Crippen molar-refractivity contribution in [2.24, 2.45) is 7.05 Å². The fourth-order valence-electron chi connectivity index (χ4n) is 2.83. The summed E-state index contributed by atoms with van der Waals surface area (Å²) >= 11 is 0. The second kappa shape index (κ2) is 7.35. The largest absolute Gasteiger partial charge is 0.493 e. The number of nitrogens with one attached hydrogen (secondary N) is 1. The molecule has 0 aliphatic carbocycles. The van der Waals surface area contributed by atoms with Crippen LogP contribution < -0.4 is 19.5 Å². The van der Waals surface area contributed by atoms with Crippen LogP contribution in [0.25, 0.3) is 11.0 Å². The highest BCUT2D eigenvalue weighted by Gasteiger charge is 2.17. The lowest BCUT2D eigenvalue weighted by Crippen LogP contribution is -2.24. The number of hydrogen-bond donors (Lipinski definition) is 1. The van der Waals surface area contributed by atoms with Crippen molar-refractivity contribution in [2.75, 3.05) is 21.3 Å². The lowest BCUT2D eigenvalue weighted by Gasteiger charge is -2.14. The van der Waals surface area contributed by atoms with Gasteiger partial charge in [0.05, 0.1) is 38.9 Å². The maximum atomic E-state index is 12.6. The number of amides is 1. The zero-order valence-corrected chi connectivity index (χ0v) is 15.2. The van der Waals surface area contributed by atoms with E-state index in [4.69, 9.17) is 14.2 Å². The average molecular weight is 355 g/mol. The summed E-state index contributed by atoms with van der Waals surface area (Å²) < 4.78 is 17.8. The molecule has 0 fully saturated rings. The van der Waals surface area contributed by atoms with Gasteiger partial charge in [-0.25, -0.2) is 4.98 Å². The number of nitrogens with zero attached hydrogens (tertiary/aromatic N) is 2. The molecular weight excluding hydrogens is 334 g/mol. The summed E-state index contributed by atoms with van der Waals surface area (Å²) in [6.45, 7) is 0.306. The summed E-state index contributed by atoms with van der Waals surface area (Å²) in [5.74, 6) is 1.82. The Balaban J connectivity index is 1.82. The van der Waals surface area contributed by atoms with Crippen LogP contribution in [0.3, 0.4) is 0 Å². The Hall–Kier alpha value is -3.22. The number of benzene rings is 2. The molecule has 2 aromatic carbocycles. The van der Waals surface area contributed by atoms with Crippen LogP contribution >= 0.6 is 0 Å². The molecule has 1 heterocycles. The van der Waals surface area contributed by atoms with E-state index in [-0.39, 0.29) is 5.91 Å². The van der Waals surface area contributed by atoms with Crippen LogP contribution in [0, 0.1) is 0 Å². The van der Waals surface area contributed by atoms with Crippen LogP contribution in [0.2, 0.25) is 0 Å². The van der Waals surface area contributed by atoms with Gasteiger partial charge in [0.2, 0.25) is 5.75 Å². The van der Waals surface area contributed by atoms with Crippen molar-refractivity contribution in [3.05, 3.63) is 47.8 Å². The lowest BCUT2D eigenvalue weighted by atomic mass is 10.1. The molecule has 1 aromatic heterocycles. The van der Waals surface area contributed by atoms with E-state index in [1.807, 2.05) is 35.9 Å². The number of rotatable bonds is 6. The number of ether oxygens (including phenoxy) is 3. The van der Waals surface area contributed by atoms with Gasteiger partial charge in [-0.2, -0.15) is 0 Å². The molecule has 3 aromatic rings. The number of carbonyl (C=O) groups excluding carboxylic acids is 1. The van der Waals surface area contributed by atoms with Gasteiger partial charge in [-0.15, -0.1) is 0 Å². The van der Waals surface area contributed by atoms with Gasteiger partial charge in [0.1, 0.15) is 5.82 Å². The Morgan fingerprint density at radius 1 is 1.08 bits per heavy atom. The average Bonchev–Trinajstić information content (AvgIpc) is 3.00. The molecule has 26 heavy (non-hydrogen) atoms. The number of methoxy groups -OCH3 is 3. The Morgan fingerprint density at radius 3 is 2.31 bits per heavy atom. The van der Waals surface area contributed by atoms with Crippen molar-refractivity contribution in [2.45, 2.75) is 6.54 Å². The quantitative estimate of drug-likeness (QED) is 0.735. The predicted molar refractivity (Wildman–Crippen MR) is 98.0 cm³/mol. The standard InChI is InChI=1S/C19H21N3O4/c1-22-14-8-6-5-7-13(14)21-17(22)11-20-19(23)12-9-15(24-2)18(26-4)16(10-12)25-3/h5-10H,11H2,1-4H3,(H,20,23). The Labute approximate surface area is 151 Å². The minimum Gasteiger partial charge on any atom is -0.493 e. The van der Waals surface area contributed by atoms with Crippen molar-refractivity contribution in [3.63, 3.8) is 0 Å². The third-order valence-corrected chi connectivity index (χ3v) is 4.21. The monoisotopic (exact) mass is 355 g/mol. The van der Waals surface area contributed by atoms with Crippen LogP contribution in [0.5, 0.6) is 17.2 Å². The molecule has 0 saturated carbocycles. The summed E-state index contributed by atoms with van der Waals surface area (Å²) in [7, 11) is 6.47. The molecule has 0 aliphatic heterocycles. The van der Waals surface area contributed by atoms with Gasteiger partial charge in [0, 0.05) is 12.6 Å². The third-order valence-electron chi connectivity index (χ3n) is 4.21. The molecule has 1 amide bonds. The van der Waals surface area contributed by atoms with Crippen molar-refractivity contribution in [1.82, 2.24) is 14.9 Å². The third kappa shape index (κ3) is 3.15. The topological polar surface area (TPSA) is 74.6 Å². The number of imidazole rings is 1. The SMILES string of the molecule is COc1cc(C(=O)NCc2nc3ccccc3n2C)cc(OC)c1OC. The Bertz CT molecular complexity index is 924.